The molecular formula is C20H30BrNO3. The molecule has 0 N–H and O–H groups in total. The molecule has 4 nitrogen and oxygen atoms in total. The first kappa shape index (κ1) is 23.4. The van der Waals surface area contributed by atoms with Crippen molar-refractivity contribution in [3.05, 3.63) is 41.4 Å². The Morgan fingerprint density at radius 3 is 2.12 bits per heavy atom. The van der Waals surface area contributed by atoms with Crippen molar-refractivity contribution in [2.45, 2.75) is 53.4 Å². The molecule has 2 aromatic rings. The van der Waals surface area contributed by atoms with E-state index in [0.29, 0.717) is 0 Å². The number of ether oxygens (including phenoxy) is 1. The lowest BCUT2D eigenvalue weighted by atomic mass is 9.99. The standard InChI is InChI=1S/C9H6BrNO.C9H18O2.C2H6/c10-8-3-1-7(2-4-8)9-5-12-6-11-9;1-4-6-8(7-5-2)9(10)11-3;1-2/h1-6H;8H,4-7H2,1-3H3;1-2H3. The van der Waals surface area contributed by atoms with Gasteiger partial charge in [0.05, 0.1) is 13.0 Å². The highest BCUT2D eigenvalue weighted by Gasteiger charge is 2.16. The van der Waals surface area contributed by atoms with E-state index in [1.807, 2.05) is 38.1 Å². The van der Waals surface area contributed by atoms with E-state index < -0.39 is 0 Å². The molecule has 2 rings (SSSR count). The van der Waals surface area contributed by atoms with E-state index in [0.717, 1.165) is 41.4 Å². The van der Waals surface area contributed by atoms with Crippen LogP contribution in [0.25, 0.3) is 11.3 Å². The van der Waals surface area contributed by atoms with Gasteiger partial charge in [-0.1, -0.05) is 68.6 Å². The predicted octanol–water partition coefficient (Wildman–Crippen LogP) is 6.51. The lowest BCUT2D eigenvalue weighted by Gasteiger charge is -2.11. The number of benzene rings is 1. The fourth-order valence-electron chi connectivity index (χ4n) is 2.22. The molecule has 0 atom stereocenters. The van der Waals surface area contributed by atoms with Crippen molar-refractivity contribution in [2.24, 2.45) is 5.92 Å². The lowest BCUT2D eigenvalue weighted by molar-refractivity contribution is -0.145. The van der Waals surface area contributed by atoms with Gasteiger partial charge >= 0.3 is 5.97 Å². The van der Waals surface area contributed by atoms with E-state index in [4.69, 9.17) is 4.42 Å². The Morgan fingerprint density at radius 1 is 1.16 bits per heavy atom. The molecule has 140 valence electrons. The lowest BCUT2D eigenvalue weighted by Crippen LogP contribution is -2.15. The number of halogens is 1. The first-order valence-electron chi connectivity index (χ1n) is 8.84. The second kappa shape index (κ2) is 14.7. The van der Waals surface area contributed by atoms with Gasteiger partial charge in [0, 0.05) is 10.0 Å². The molecule has 0 fully saturated rings. The van der Waals surface area contributed by atoms with Crippen LogP contribution in [0.5, 0.6) is 0 Å². The quantitative estimate of drug-likeness (QED) is 0.508. The maximum Gasteiger partial charge on any atom is 0.308 e. The maximum atomic E-state index is 11.1. The van der Waals surface area contributed by atoms with Gasteiger partial charge in [0.15, 0.2) is 6.39 Å². The summed E-state index contributed by atoms with van der Waals surface area (Å²) in [6.45, 7) is 8.18. The Kier molecular flexibility index (Phi) is 13.7. The molecule has 1 aromatic carbocycles. The first-order valence-corrected chi connectivity index (χ1v) is 9.63. The first-order chi connectivity index (χ1) is 12.1. The number of hydrogen-bond acceptors (Lipinski definition) is 4. The van der Waals surface area contributed by atoms with Gasteiger partial charge in [0.25, 0.3) is 0 Å². The number of rotatable bonds is 6. The number of hydrogen-bond donors (Lipinski definition) is 0. The fourth-order valence-corrected chi connectivity index (χ4v) is 2.48. The van der Waals surface area contributed by atoms with Crippen molar-refractivity contribution < 1.29 is 13.9 Å². The van der Waals surface area contributed by atoms with Crippen molar-refractivity contribution in [1.82, 2.24) is 4.98 Å². The molecule has 5 heteroatoms. The number of nitrogens with zero attached hydrogens (tertiary/aromatic N) is 1. The number of oxazole rings is 1. The topological polar surface area (TPSA) is 52.3 Å². The van der Waals surface area contributed by atoms with Crippen LogP contribution in [0.15, 0.2) is 45.8 Å². The van der Waals surface area contributed by atoms with Crippen LogP contribution in [-0.4, -0.2) is 18.1 Å². The molecule has 1 aromatic heterocycles. The third kappa shape index (κ3) is 9.44. The van der Waals surface area contributed by atoms with Crippen molar-refractivity contribution in [1.29, 1.82) is 0 Å². The van der Waals surface area contributed by atoms with E-state index in [2.05, 4.69) is 39.5 Å². The summed E-state index contributed by atoms with van der Waals surface area (Å²) in [5, 5.41) is 0. The molecule has 0 aliphatic heterocycles. The van der Waals surface area contributed by atoms with E-state index in [1.165, 1.54) is 13.5 Å². The molecule has 0 unspecified atom stereocenters. The normalized spacial score (nSPS) is 9.56. The molecule has 0 amide bonds. The zero-order valence-corrected chi connectivity index (χ0v) is 17.5. The molecule has 0 bridgehead atoms. The van der Waals surface area contributed by atoms with Gasteiger partial charge in [-0.25, -0.2) is 4.98 Å². The van der Waals surface area contributed by atoms with E-state index in [-0.39, 0.29) is 11.9 Å². The van der Waals surface area contributed by atoms with Gasteiger partial charge < -0.3 is 9.15 Å². The smallest absolute Gasteiger partial charge is 0.308 e. The van der Waals surface area contributed by atoms with E-state index >= 15 is 0 Å². The van der Waals surface area contributed by atoms with Crippen LogP contribution < -0.4 is 0 Å². The molecule has 0 spiro atoms. The number of methoxy groups -OCH3 is 1. The van der Waals surface area contributed by atoms with Crippen molar-refractivity contribution in [2.75, 3.05) is 7.11 Å². The summed E-state index contributed by atoms with van der Waals surface area (Å²) in [6.07, 6.45) is 7.08. The van der Waals surface area contributed by atoms with Crippen LogP contribution in [0.3, 0.4) is 0 Å². The van der Waals surface area contributed by atoms with Gasteiger partial charge in [-0.2, -0.15) is 0 Å². The van der Waals surface area contributed by atoms with Crippen LogP contribution in [0.2, 0.25) is 0 Å². The average molecular weight is 412 g/mol. The minimum Gasteiger partial charge on any atom is -0.469 e. The maximum absolute atomic E-state index is 11.1. The summed E-state index contributed by atoms with van der Waals surface area (Å²) in [5.41, 5.74) is 1.93. The largest absolute Gasteiger partial charge is 0.469 e. The van der Waals surface area contributed by atoms with Crippen molar-refractivity contribution >= 4 is 21.9 Å². The minimum absolute atomic E-state index is 0.0475. The highest BCUT2D eigenvalue weighted by Crippen LogP contribution is 2.19. The Morgan fingerprint density at radius 2 is 1.72 bits per heavy atom. The minimum atomic E-state index is -0.0475. The molecule has 1 heterocycles. The van der Waals surface area contributed by atoms with Crippen LogP contribution in [0, 0.1) is 5.92 Å². The van der Waals surface area contributed by atoms with Crippen LogP contribution >= 0.6 is 15.9 Å². The third-order valence-electron chi connectivity index (χ3n) is 3.38. The van der Waals surface area contributed by atoms with Gasteiger partial charge in [0.1, 0.15) is 12.0 Å². The summed E-state index contributed by atoms with van der Waals surface area (Å²) in [6, 6.07) is 7.93. The van der Waals surface area contributed by atoms with Crippen molar-refractivity contribution in [3.8, 4) is 11.3 Å². The molecule has 0 aliphatic rings. The summed E-state index contributed by atoms with van der Waals surface area (Å²) in [7, 11) is 1.46. The number of esters is 1. The van der Waals surface area contributed by atoms with E-state index in [9.17, 15) is 4.79 Å². The summed E-state index contributed by atoms with van der Waals surface area (Å²) in [5.74, 6) is 0.0868. The summed E-state index contributed by atoms with van der Waals surface area (Å²) in [4.78, 5) is 15.1. The summed E-state index contributed by atoms with van der Waals surface area (Å²) >= 11 is 3.36. The van der Waals surface area contributed by atoms with Crippen LogP contribution in [0.4, 0.5) is 0 Å². The molecule has 0 saturated heterocycles. The molecular weight excluding hydrogens is 382 g/mol. The summed E-state index contributed by atoms with van der Waals surface area (Å²) < 4.78 is 10.6. The monoisotopic (exact) mass is 411 g/mol. The van der Waals surface area contributed by atoms with Gasteiger partial charge in [-0.15, -0.1) is 0 Å². The highest BCUT2D eigenvalue weighted by atomic mass is 79.9. The van der Waals surface area contributed by atoms with Gasteiger partial charge in [-0.05, 0) is 25.0 Å². The Labute approximate surface area is 160 Å². The van der Waals surface area contributed by atoms with Crippen LogP contribution in [-0.2, 0) is 9.53 Å². The second-order valence-corrected chi connectivity index (χ2v) is 6.09. The van der Waals surface area contributed by atoms with Gasteiger partial charge in [0.2, 0.25) is 0 Å². The zero-order valence-electron chi connectivity index (χ0n) is 15.9. The van der Waals surface area contributed by atoms with Gasteiger partial charge in [-0.3, -0.25) is 4.79 Å². The molecule has 0 aliphatic carbocycles. The Hall–Kier alpha value is -1.62. The highest BCUT2D eigenvalue weighted by molar-refractivity contribution is 9.10. The fraction of sp³-hybridized carbons (Fsp3) is 0.500. The molecule has 25 heavy (non-hydrogen) atoms. The average Bonchev–Trinajstić information content (AvgIpc) is 3.18. The third-order valence-corrected chi connectivity index (χ3v) is 3.91. The Balaban J connectivity index is 0.000000422. The second-order valence-electron chi connectivity index (χ2n) is 5.18. The molecule has 0 saturated carbocycles. The Bertz CT molecular complexity index is 547. The zero-order chi connectivity index (χ0) is 19.1. The SMILES string of the molecule is Brc1ccc(-c2cocn2)cc1.CC.CCCC(CCC)C(=O)OC. The van der Waals surface area contributed by atoms with Crippen molar-refractivity contribution in [3.63, 3.8) is 0 Å². The number of carbonyl (C=O) groups excluding carboxylic acids is 1. The number of aromatic nitrogens is 1. The predicted molar refractivity (Wildman–Crippen MR) is 106 cm³/mol. The van der Waals surface area contributed by atoms with E-state index in [1.54, 1.807) is 6.26 Å². The molecule has 0 radical (unpaired) electrons. The number of carbonyl (C=O) groups is 1. The van der Waals surface area contributed by atoms with Crippen LogP contribution in [0.1, 0.15) is 53.4 Å².